The van der Waals surface area contributed by atoms with Gasteiger partial charge in [0.1, 0.15) is 18.2 Å². The predicted octanol–water partition coefficient (Wildman–Crippen LogP) is 4.48. The van der Waals surface area contributed by atoms with Gasteiger partial charge in [0.05, 0.1) is 23.0 Å². The second-order valence-corrected chi connectivity index (χ2v) is 7.20. The number of nitriles is 1. The van der Waals surface area contributed by atoms with Crippen LogP contribution < -0.4 is 20.5 Å². The third kappa shape index (κ3) is 5.42. The van der Waals surface area contributed by atoms with E-state index in [1.54, 1.807) is 42.6 Å². The first kappa shape index (κ1) is 22.8. The van der Waals surface area contributed by atoms with Crippen LogP contribution in [0, 0.1) is 11.3 Å². The van der Waals surface area contributed by atoms with Gasteiger partial charge in [-0.15, -0.1) is 0 Å². The van der Waals surface area contributed by atoms with Gasteiger partial charge in [-0.3, -0.25) is 9.78 Å². The number of anilines is 1. The van der Waals surface area contributed by atoms with Gasteiger partial charge in [-0.2, -0.15) is 10.4 Å². The van der Waals surface area contributed by atoms with E-state index in [0.717, 1.165) is 5.56 Å². The summed E-state index contributed by atoms with van der Waals surface area (Å²) in [5.41, 5.74) is 3.75. The molecule has 2 aromatic carbocycles. The van der Waals surface area contributed by atoms with Gasteiger partial charge in [-0.1, -0.05) is 43.0 Å². The van der Waals surface area contributed by atoms with Crippen molar-refractivity contribution in [3.05, 3.63) is 81.1 Å². The number of rotatable bonds is 9. The molecule has 0 amide bonds. The summed E-state index contributed by atoms with van der Waals surface area (Å²) in [4.78, 5) is 19.2. The second-order valence-electron chi connectivity index (χ2n) is 6.35. The molecule has 0 saturated heterocycles. The normalized spacial score (nSPS) is 10.5. The monoisotopic (exact) mass is 493 g/mol. The highest BCUT2D eigenvalue weighted by Gasteiger charge is 2.13. The molecular weight excluding hydrogens is 474 g/mol. The van der Waals surface area contributed by atoms with Crippen LogP contribution in [-0.2, 0) is 0 Å². The summed E-state index contributed by atoms with van der Waals surface area (Å²) in [7, 11) is 0. The number of hydrogen-bond donors (Lipinski definition) is 2. The molecule has 1 aromatic heterocycles. The smallest absolute Gasteiger partial charge is 0.270 e. The van der Waals surface area contributed by atoms with Gasteiger partial charge in [-0.25, -0.2) is 10.4 Å². The Kier molecular flexibility index (Phi) is 7.78. The average molecular weight is 494 g/mol. The molecule has 0 aliphatic rings. The fraction of sp³-hybridized carbons (Fsp3) is 0.130. The summed E-state index contributed by atoms with van der Waals surface area (Å²) in [6.07, 6.45) is 3.20. The molecule has 0 fully saturated rings. The maximum Gasteiger partial charge on any atom is 0.270 e. The number of ether oxygens (including phenoxy) is 2. The zero-order valence-corrected chi connectivity index (χ0v) is 18.8. The van der Waals surface area contributed by atoms with Crippen molar-refractivity contribution in [2.75, 3.05) is 18.6 Å². The standard InChI is InChI=1S/C23H20BrN5O3/c1-3-10-32-21-18(24)11-15(12-19(21)31-4-2)14-26-29-23-27-20(16-8-6-5-7-9-16)17(13-25)22(30)28-23/h3,5-9,11-12,14H,1,4,10H2,2H3,(H2,27,28,29,30). The second kappa shape index (κ2) is 10.9. The number of hydrazone groups is 1. The van der Waals surface area contributed by atoms with Crippen LogP contribution >= 0.6 is 15.9 Å². The predicted molar refractivity (Wildman–Crippen MR) is 127 cm³/mol. The molecule has 0 unspecified atom stereocenters. The van der Waals surface area contributed by atoms with Crippen LogP contribution in [0.25, 0.3) is 11.3 Å². The number of aromatic amines is 1. The lowest BCUT2D eigenvalue weighted by atomic mass is 10.1. The van der Waals surface area contributed by atoms with Gasteiger partial charge in [-0.05, 0) is 40.5 Å². The first-order valence-corrected chi connectivity index (χ1v) is 10.5. The Morgan fingerprint density at radius 3 is 2.78 bits per heavy atom. The molecule has 162 valence electrons. The van der Waals surface area contributed by atoms with Crippen LogP contribution in [0.3, 0.4) is 0 Å². The molecule has 0 radical (unpaired) electrons. The van der Waals surface area contributed by atoms with E-state index in [1.807, 2.05) is 25.1 Å². The first-order valence-electron chi connectivity index (χ1n) is 9.66. The minimum Gasteiger partial charge on any atom is -0.490 e. The van der Waals surface area contributed by atoms with Crippen LogP contribution in [0.2, 0.25) is 0 Å². The highest BCUT2D eigenvalue weighted by molar-refractivity contribution is 9.10. The summed E-state index contributed by atoms with van der Waals surface area (Å²) in [5.74, 6) is 1.24. The maximum atomic E-state index is 12.3. The fourth-order valence-electron chi connectivity index (χ4n) is 2.81. The molecule has 0 atom stereocenters. The molecule has 0 saturated carbocycles. The van der Waals surface area contributed by atoms with Crippen LogP contribution in [-0.4, -0.2) is 29.4 Å². The quantitative estimate of drug-likeness (QED) is 0.258. The summed E-state index contributed by atoms with van der Waals surface area (Å²) in [6.45, 7) is 6.34. The van der Waals surface area contributed by atoms with E-state index in [-0.39, 0.29) is 17.2 Å². The zero-order valence-electron chi connectivity index (χ0n) is 17.3. The van der Waals surface area contributed by atoms with Crippen LogP contribution in [0.5, 0.6) is 11.5 Å². The lowest BCUT2D eigenvalue weighted by Gasteiger charge is -2.13. The Hall–Kier alpha value is -3.90. The van der Waals surface area contributed by atoms with Gasteiger partial charge >= 0.3 is 0 Å². The van der Waals surface area contributed by atoms with Gasteiger partial charge in [0.2, 0.25) is 5.95 Å². The Bertz CT molecular complexity index is 1230. The Labute approximate surface area is 193 Å². The molecule has 0 bridgehead atoms. The largest absolute Gasteiger partial charge is 0.490 e. The Morgan fingerprint density at radius 1 is 1.31 bits per heavy atom. The van der Waals surface area contributed by atoms with Crippen molar-refractivity contribution in [3.8, 4) is 28.8 Å². The highest BCUT2D eigenvalue weighted by Crippen LogP contribution is 2.36. The van der Waals surface area contributed by atoms with E-state index < -0.39 is 5.56 Å². The van der Waals surface area contributed by atoms with E-state index in [0.29, 0.717) is 34.7 Å². The lowest BCUT2D eigenvalue weighted by molar-refractivity contribution is 0.295. The molecule has 3 aromatic rings. The number of hydrogen-bond acceptors (Lipinski definition) is 7. The molecule has 0 spiro atoms. The van der Waals surface area contributed by atoms with Crippen LogP contribution in [0.15, 0.2) is 69.5 Å². The fourth-order valence-corrected chi connectivity index (χ4v) is 3.38. The molecule has 8 nitrogen and oxygen atoms in total. The third-order valence-corrected chi connectivity index (χ3v) is 4.73. The van der Waals surface area contributed by atoms with Gasteiger partial charge < -0.3 is 9.47 Å². The Balaban J connectivity index is 1.87. The zero-order chi connectivity index (χ0) is 22.9. The minimum atomic E-state index is -0.552. The number of nitrogens with zero attached hydrogens (tertiary/aromatic N) is 3. The van der Waals surface area contributed by atoms with Crippen molar-refractivity contribution in [1.82, 2.24) is 9.97 Å². The summed E-state index contributed by atoms with van der Waals surface area (Å²) in [6, 6.07) is 14.5. The number of halogens is 1. The molecule has 0 aliphatic heterocycles. The topological polar surface area (TPSA) is 112 Å². The molecule has 9 heteroatoms. The molecule has 32 heavy (non-hydrogen) atoms. The molecular formula is C23H20BrN5O3. The van der Waals surface area contributed by atoms with E-state index in [4.69, 9.17) is 9.47 Å². The van der Waals surface area contributed by atoms with Gasteiger partial charge in [0.15, 0.2) is 11.5 Å². The van der Waals surface area contributed by atoms with Crippen LogP contribution in [0.1, 0.15) is 18.1 Å². The molecule has 1 heterocycles. The average Bonchev–Trinajstić information content (AvgIpc) is 2.79. The summed E-state index contributed by atoms with van der Waals surface area (Å²) in [5, 5.41) is 13.5. The molecule has 0 aliphatic carbocycles. The van der Waals surface area contributed by atoms with E-state index in [1.165, 1.54) is 0 Å². The van der Waals surface area contributed by atoms with Crippen molar-refractivity contribution >= 4 is 28.1 Å². The highest BCUT2D eigenvalue weighted by atomic mass is 79.9. The molecule has 3 rings (SSSR count). The number of benzene rings is 2. The SMILES string of the molecule is C=CCOc1c(Br)cc(C=NNc2nc(-c3ccccc3)c(C#N)c(=O)[nH]2)cc1OCC. The van der Waals surface area contributed by atoms with E-state index in [2.05, 4.69) is 43.0 Å². The lowest BCUT2D eigenvalue weighted by Crippen LogP contribution is -2.16. The maximum absolute atomic E-state index is 12.3. The van der Waals surface area contributed by atoms with Gasteiger partial charge in [0, 0.05) is 5.56 Å². The van der Waals surface area contributed by atoms with Crippen molar-refractivity contribution < 1.29 is 9.47 Å². The van der Waals surface area contributed by atoms with Gasteiger partial charge in [0.25, 0.3) is 5.56 Å². The van der Waals surface area contributed by atoms with Crippen molar-refractivity contribution in [3.63, 3.8) is 0 Å². The van der Waals surface area contributed by atoms with Crippen molar-refractivity contribution in [2.24, 2.45) is 5.10 Å². The van der Waals surface area contributed by atoms with Crippen molar-refractivity contribution in [1.29, 1.82) is 5.26 Å². The third-order valence-electron chi connectivity index (χ3n) is 4.14. The minimum absolute atomic E-state index is 0.0638. The first-order chi connectivity index (χ1) is 15.6. The number of aromatic nitrogens is 2. The number of H-pyrrole nitrogens is 1. The summed E-state index contributed by atoms with van der Waals surface area (Å²) >= 11 is 3.48. The number of nitrogens with one attached hydrogen (secondary N) is 2. The van der Waals surface area contributed by atoms with Crippen LogP contribution in [0.4, 0.5) is 5.95 Å². The van der Waals surface area contributed by atoms with E-state index in [9.17, 15) is 10.1 Å². The molecule has 2 N–H and O–H groups in total. The van der Waals surface area contributed by atoms with Crippen molar-refractivity contribution in [2.45, 2.75) is 6.92 Å². The Morgan fingerprint density at radius 2 is 2.09 bits per heavy atom. The van der Waals surface area contributed by atoms with E-state index >= 15 is 0 Å². The summed E-state index contributed by atoms with van der Waals surface area (Å²) < 4.78 is 12.0.